The maximum atomic E-state index is 9.90. The van der Waals surface area contributed by atoms with Gasteiger partial charge in [0, 0.05) is 23.7 Å². The Morgan fingerprint density at radius 3 is 2.19 bits per heavy atom. The van der Waals surface area contributed by atoms with Crippen LogP contribution >= 0.6 is 0 Å². The second-order valence-electron chi connectivity index (χ2n) is 5.13. The number of benzene rings is 2. The van der Waals surface area contributed by atoms with Gasteiger partial charge in [0.2, 0.25) is 0 Å². The zero-order valence-corrected chi connectivity index (χ0v) is 12.5. The number of phenolic OH excluding ortho intramolecular Hbond substituents is 2. The molecule has 0 amide bonds. The van der Waals surface area contributed by atoms with Gasteiger partial charge < -0.3 is 20.3 Å². The molecular formula is C17H21NO3. The lowest BCUT2D eigenvalue weighted by atomic mass is 10.0. The first-order valence-electron chi connectivity index (χ1n) is 6.93. The van der Waals surface area contributed by atoms with Crippen molar-refractivity contribution in [3.8, 4) is 17.2 Å². The minimum Gasteiger partial charge on any atom is -0.508 e. The Hall–Kier alpha value is -2.20. The Labute approximate surface area is 125 Å². The Morgan fingerprint density at radius 1 is 0.952 bits per heavy atom. The molecule has 2 aromatic carbocycles. The molecule has 0 aromatic heterocycles. The molecular weight excluding hydrogens is 266 g/mol. The molecule has 3 N–H and O–H groups in total. The third kappa shape index (κ3) is 3.67. The van der Waals surface area contributed by atoms with E-state index in [1.807, 2.05) is 31.2 Å². The van der Waals surface area contributed by atoms with E-state index < -0.39 is 0 Å². The molecule has 0 aliphatic heterocycles. The summed E-state index contributed by atoms with van der Waals surface area (Å²) in [5.41, 5.74) is 1.90. The van der Waals surface area contributed by atoms with Gasteiger partial charge in [0.25, 0.3) is 0 Å². The first-order valence-corrected chi connectivity index (χ1v) is 6.93. The van der Waals surface area contributed by atoms with Gasteiger partial charge in [-0.2, -0.15) is 0 Å². The first-order chi connectivity index (χ1) is 10.0. The maximum Gasteiger partial charge on any atom is 0.124 e. The van der Waals surface area contributed by atoms with Crippen LogP contribution in [0.3, 0.4) is 0 Å². The van der Waals surface area contributed by atoms with Crippen molar-refractivity contribution in [1.82, 2.24) is 5.32 Å². The van der Waals surface area contributed by atoms with E-state index in [0.717, 1.165) is 16.9 Å². The topological polar surface area (TPSA) is 61.7 Å². The van der Waals surface area contributed by atoms with Crippen LogP contribution in [0.4, 0.5) is 0 Å². The molecule has 0 bridgehead atoms. The minimum absolute atomic E-state index is 0.0392. The van der Waals surface area contributed by atoms with E-state index in [2.05, 4.69) is 12.2 Å². The molecule has 0 fully saturated rings. The number of methoxy groups -OCH3 is 1. The fourth-order valence-electron chi connectivity index (χ4n) is 2.35. The lowest BCUT2D eigenvalue weighted by Gasteiger charge is -2.21. The third-order valence-electron chi connectivity index (χ3n) is 3.60. The molecule has 2 atom stereocenters. The average molecular weight is 287 g/mol. The van der Waals surface area contributed by atoms with Crippen LogP contribution in [-0.4, -0.2) is 17.3 Å². The highest BCUT2D eigenvalue weighted by atomic mass is 16.5. The van der Waals surface area contributed by atoms with E-state index >= 15 is 0 Å². The number of ether oxygens (including phenoxy) is 1. The molecule has 21 heavy (non-hydrogen) atoms. The summed E-state index contributed by atoms with van der Waals surface area (Å²) in [4.78, 5) is 0. The molecule has 112 valence electrons. The standard InChI is InChI=1S/C17H21NO3/c1-11(13-4-7-15(21-3)8-5-13)18-12(2)16-9-6-14(19)10-17(16)20/h4-12,18-20H,1-3H3/t11-,12?/m0/s1. The van der Waals surface area contributed by atoms with E-state index in [1.54, 1.807) is 19.2 Å². The molecule has 1 unspecified atom stereocenters. The predicted molar refractivity (Wildman–Crippen MR) is 82.7 cm³/mol. The summed E-state index contributed by atoms with van der Waals surface area (Å²) in [5.74, 6) is 0.985. The second-order valence-corrected chi connectivity index (χ2v) is 5.13. The number of phenols is 2. The van der Waals surface area contributed by atoms with Crippen LogP contribution in [0.2, 0.25) is 0 Å². The van der Waals surface area contributed by atoms with Gasteiger partial charge in [0.1, 0.15) is 17.2 Å². The van der Waals surface area contributed by atoms with Crippen LogP contribution in [0.5, 0.6) is 17.2 Å². The minimum atomic E-state index is -0.0392. The third-order valence-corrected chi connectivity index (χ3v) is 3.60. The zero-order chi connectivity index (χ0) is 15.4. The summed E-state index contributed by atoms with van der Waals surface area (Å²) in [7, 11) is 1.65. The summed E-state index contributed by atoms with van der Waals surface area (Å²) in [6, 6.07) is 12.6. The van der Waals surface area contributed by atoms with E-state index in [0.29, 0.717) is 0 Å². The molecule has 2 aromatic rings. The fourth-order valence-corrected chi connectivity index (χ4v) is 2.35. The van der Waals surface area contributed by atoms with Crippen molar-refractivity contribution in [3.05, 3.63) is 53.6 Å². The summed E-state index contributed by atoms with van der Waals surface area (Å²) in [5, 5.41) is 22.7. The molecule has 4 heteroatoms. The molecule has 0 spiro atoms. The molecule has 2 rings (SSSR count). The van der Waals surface area contributed by atoms with Gasteiger partial charge in [-0.15, -0.1) is 0 Å². The normalized spacial score (nSPS) is 13.7. The number of rotatable bonds is 5. The van der Waals surface area contributed by atoms with Gasteiger partial charge >= 0.3 is 0 Å². The summed E-state index contributed by atoms with van der Waals surface area (Å²) < 4.78 is 5.15. The van der Waals surface area contributed by atoms with Crippen LogP contribution in [0.1, 0.15) is 37.1 Å². The van der Waals surface area contributed by atoms with Crippen molar-refractivity contribution >= 4 is 0 Å². The Kier molecular flexibility index (Phi) is 4.70. The summed E-state index contributed by atoms with van der Waals surface area (Å²) in [6.45, 7) is 4.04. The largest absolute Gasteiger partial charge is 0.508 e. The van der Waals surface area contributed by atoms with Gasteiger partial charge in [-0.1, -0.05) is 18.2 Å². The monoisotopic (exact) mass is 287 g/mol. The number of hydrogen-bond acceptors (Lipinski definition) is 4. The number of hydrogen-bond donors (Lipinski definition) is 3. The highest BCUT2D eigenvalue weighted by molar-refractivity contribution is 5.40. The lowest BCUT2D eigenvalue weighted by Crippen LogP contribution is -2.22. The van der Waals surface area contributed by atoms with Crippen LogP contribution < -0.4 is 10.1 Å². The van der Waals surface area contributed by atoms with Crippen LogP contribution in [0, 0.1) is 0 Å². The average Bonchev–Trinajstić information content (AvgIpc) is 2.47. The SMILES string of the molecule is COc1ccc([C@H](C)NC(C)c2ccc(O)cc2O)cc1. The van der Waals surface area contributed by atoms with Gasteiger partial charge in [-0.25, -0.2) is 0 Å². The predicted octanol–water partition coefficient (Wildman–Crippen LogP) is 3.52. The van der Waals surface area contributed by atoms with Crippen molar-refractivity contribution in [3.63, 3.8) is 0 Å². The lowest BCUT2D eigenvalue weighted by molar-refractivity contribution is 0.413. The molecule has 0 radical (unpaired) electrons. The Balaban J connectivity index is 2.08. The Bertz CT molecular complexity index is 595. The van der Waals surface area contributed by atoms with Gasteiger partial charge in [0.05, 0.1) is 7.11 Å². The van der Waals surface area contributed by atoms with Gasteiger partial charge in [-0.3, -0.25) is 0 Å². The highest BCUT2D eigenvalue weighted by Gasteiger charge is 2.14. The molecule has 0 heterocycles. The van der Waals surface area contributed by atoms with Gasteiger partial charge in [-0.05, 0) is 37.6 Å². The summed E-state index contributed by atoms with van der Waals surface area (Å²) >= 11 is 0. The quantitative estimate of drug-likeness (QED) is 0.787. The van der Waals surface area contributed by atoms with Gasteiger partial charge in [0.15, 0.2) is 0 Å². The first kappa shape index (κ1) is 15.2. The maximum absolute atomic E-state index is 9.90. The fraction of sp³-hybridized carbons (Fsp3) is 0.294. The van der Waals surface area contributed by atoms with E-state index in [4.69, 9.17) is 4.74 Å². The number of aromatic hydroxyl groups is 2. The summed E-state index contributed by atoms with van der Waals surface area (Å²) in [6.07, 6.45) is 0. The molecule has 0 aliphatic carbocycles. The van der Waals surface area contributed by atoms with Crippen LogP contribution in [-0.2, 0) is 0 Å². The van der Waals surface area contributed by atoms with Crippen molar-refractivity contribution in [2.45, 2.75) is 25.9 Å². The van der Waals surface area contributed by atoms with Crippen molar-refractivity contribution in [1.29, 1.82) is 0 Å². The molecule has 4 nitrogen and oxygen atoms in total. The zero-order valence-electron chi connectivity index (χ0n) is 12.5. The van der Waals surface area contributed by atoms with Crippen molar-refractivity contribution < 1.29 is 14.9 Å². The van der Waals surface area contributed by atoms with Crippen LogP contribution in [0.25, 0.3) is 0 Å². The highest BCUT2D eigenvalue weighted by Crippen LogP contribution is 2.29. The van der Waals surface area contributed by atoms with Crippen molar-refractivity contribution in [2.75, 3.05) is 7.11 Å². The van der Waals surface area contributed by atoms with Crippen molar-refractivity contribution in [2.24, 2.45) is 0 Å². The second kappa shape index (κ2) is 6.50. The smallest absolute Gasteiger partial charge is 0.124 e. The molecule has 0 saturated heterocycles. The molecule has 0 saturated carbocycles. The van der Waals surface area contributed by atoms with E-state index in [9.17, 15) is 10.2 Å². The van der Waals surface area contributed by atoms with E-state index in [1.165, 1.54) is 6.07 Å². The number of nitrogens with one attached hydrogen (secondary N) is 1. The molecule has 0 aliphatic rings. The van der Waals surface area contributed by atoms with Crippen LogP contribution in [0.15, 0.2) is 42.5 Å². The van der Waals surface area contributed by atoms with E-state index in [-0.39, 0.29) is 23.6 Å². The Morgan fingerprint density at radius 2 is 1.62 bits per heavy atom.